The van der Waals surface area contributed by atoms with Gasteiger partial charge in [-0.15, -0.1) is 27.8 Å². The lowest BCUT2D eigenvalue weighted by molar-refractivity contribution is 0.0473. The monoisotopic (exact) mass is 360 g/mol. The molecule has 0 amide bonds. The fourth-order valence-corrected chi connectivity index (χ4v) is 3.58. The van der Waals surface area contributed by atoms with Crippen LogP contribution in [0.25, 0.3) is 10.6 Å². The number of rotatable bonds is 4. The van der Waals surface area contributed by atoms with Crippen LogP contribution in [0.5, 0.6) is 0 Å². The molecule has 0 saturated heterocycles. The lowest BCUT2D eigenvalue weighted by atomic mass is 10.4. The zero-order valence-electron chi connectivity index (χ0n) is 11.9. The Labute approximate surface area is 141 Å². The molecule has 0 radical (unpaired) electrons. The average Bonchev–Trinajstić information content (AvgIpc) is 3.31. The summed E-state index contributed by atoms with van der Waals surface area (Å²) in [6, 6.07) is 3.07. The number of nitrogens with zero attached hydrogens (tertiary/aromatic N) is 6. The molecule has 4 rings (SSSR count). The summed E-state index contributed by atoms with van der Waals surface area (Å²) in [5.74, 6) is -0.524. The summed E-state index contributed by atoms with van der Waals surface area (Å²) in [6.07, 6.45) is 3.04. The molecule has 0 unspecified atom stereocenters. The maximum atomic E-state index is 12.3. The van der Waals surface area contributed by atoms with Crippen LogP contribution < -0.4 is 5.56 Å². The van der Waals surface area contributed by atoms with Gasteiger partial charge < -0.3 is 4.74 Å². The molecule has 0 aliphatic carbocycles. The number of ether oxygens (including phenoxy) is 1. The van der Waals surface area contributed by atoms with Crippen molar-refractivity contribution in [3.63, 3.8) is 0 Å². The van der Waals surface area contributed by atoms with Crippen molar-refractivity contribution in [2.45, 2.75) is 6.61 Å². The Hall–Kier alpha value is -2.92. The lowest BCUT2D eigenvalue weighted by Gasteiger charge is -2.05. The van der Waals surface area contributed by atoms with E-state index in [1.54, 1.807) is 23.0 Å². The Morgan fingerprint density at radius 1 is 1.29 bits per heavy atom. The van der Waals surface area contributed by atoms with Gasteiger partial charge in [-0.1, -0.05) is 0 Å². The number of hydrogen-bond acceptors (Lipinski definition) is 9. The van der Waals surface area contributed by atoms with Gasteiger partial charge in [0, 0.05) is 17.6 Å². The third-order valence-electron chi connectivity index (χ3n) is 3.13. The molecule has 4 aromatic heterocycles. The number of thiophene rings is 1. The van der Waals surface area contributed by atoms with E-state index < -0.39 is 5.97 Å². The SMILES string of the molecule is O=C(OCc1cc(=O)n2ccsc2n1)c1sccc1-n1cnnn1. The number of fused-ring (bicyclic) bond motifs is 1. The van der Waals surface area contributed by atoms with E-state index >= 15 is 0 Å². The fraction of sp³-hybridized carbons (Fsp3) is 0.0769. The van der Waals surface area contributed by atoms with E-state index in [1.807, 2.05) is 0 Å². The maximum Gasteiger partial charge on any atom is 0.350 e. The number of tetrazole rings is 1. The van der Waals surface area contributed by atoms with Crippen molar-refractivity contribution in [3.8, 4) is 5.69 Å². The first-order chi connectivity index (χ1) is 11.7. The molecule has 0 aromatic carbocycles. The van der Waals surface area contributed by atoms with Gasteiger partial charge in [-0.25, -0.2) is 9.78 Å². The number of aromatic nitrogens is 6. The number of hydrogen-bond donors (Lipinski definition) is 0. The van der Waals surface area contributed by atoms with Gasteiger partial charge in [0.25, 0.3) is 5.56 Å². The first kappa shape index (κ1) is 14.7. The second-order valence-corrected chi connectivity index (χ2v) is 6.40. The molecule has 120 valence electrons. The summed E-state index contributed by atoms with van der Waals surface area (Å²) in [7, 11) is 0. The van der Waals surface area contributed by atoms with Crippen LogP contribution in [0.4, 0.5) is 0 Å². The summed E-state index contributed by atoms with van der Waals surface area (Å²) >= 11 is 2.56. The highest BCUT2D eigenvalue weighted by Crippen LogP contribution is 2.21. The highest BCUT2D eigenvalue weighted by atomic mass is 32.1. The van der Waals surface area contributed by atoms with Gasteiger partial charge in [0.15, 0.2) is 4.96 Å². The van der Waals surface area contributed by atoms with Gasteiger partial charge in [0.05, 0.1) is 11.4 Å². The van der Waals surface area contributed by atoms with Crippen LogP contribution in [0.15, 0.2) is 40.2 Å². The van der Waals surface area contributed by atoms with Gasteiger partial charge in [-0.2, -0.15) is 4.68 Å². The highest BCUT2D eigenvalue weighted by molar-refractivity contribution is 7.15. The molecule has 4 aromatic rings. The van der Waals surface area contributed by atoms with Crippen molar-refractivity contribution < 1.29 is 9.53 Å². The van der Waals surface area contributed by atoms with Crippen LogP contribution in [0, 0.1) is 0 Å². The van der Waals surface area contributed by atoms with E-state index in [2.05, 4.69) is 20.5 Å². The topological polar surface area (TPSA) is 104 Å². The van der Waals surface area contributed by atoms with Crippen molar-refractivity contribution in [1.29, 1.82) is 0 Å². The van der Waals surface area contributed by atoms with E-state index in [-0.39, 0.29) is 12.2 Å². The van der Waals surface area contributed by atoms with Crippen molar-refractivity contribution in [2.75, 3.05) is 0 Å². The summed E-state index contributed by atoms with van der Waals surface area (Å²) in [4.78, 5) is 29.4. The molecular formula is C13H8N6O3S2. The molecule has 11 heteroatoms. The molecule has 0 atom stereocenters. The predicted molar refractivity (Wildman–Crippen MR) is 85.5 cm³/mol. The molecule has 9 nitrogen and oxygen atoms in total. The largest absolute Gasteiger partial charge is 0.455 e. The van der Waals surface area contributed by atoms with Crippen LogP contribution in [0.2, 0.25) is 0 Å². The molecule has 4 heterocycles. The van der Waals surface area contributed by atoms with Gasteiger partial charge in [0.1, 0.15) is 17.8 Å². The van der Waals surface area contributed by atoms with Crippen LogP contribution >= 0.6 is 22.7 Å². The quantitative estimate of drug-likeness (QED) is 0.503. The summed E-state index contributed by atoms with van der Waals surface area (Å²) in [5, 5.41) is 14.4. The van der Waals surface area contributed by atoms with Crippen LogP contribution in [-0.2, 0) is 11.3 Å². The minimum absolute atomic E-state index is 0.0879. The number of carbonyl (C=O) groups is 1. The molecule has 0 saturated carbocycles. The second-order valence-electron chi connectivity index (χ2n) is 4.61. The first-order valence-electron chi connectivity index (χ1n) is 6.66. The molecule has 0 aliphatic rings. The third kappa shape index (κ3) is 2.59. The minimum atomic E-state index is -0.524. The maximum absolute atomic E-state index is 12.3. The molecule has 0 fully saturated rings. The average molecular weight is 360 g/mol. The van der Waals surface area contributed by atoms with Crippen LogP contribution in [0.3, 0.4) is 0 Å². The van der Waals surface area contributed by atoms with E-state index in [4.69, 9.17) is 4.74 Å². The zero-order chi connectivity index (χ0) is 16.5. The number of esters is 1. The van der Waals surface area contributed by atoms with Crippen molar-refractivity contribution >= 4 is 33.6 Å². The molecule has 0 N–H and O–H groups in total. The third-order valence-corrected chi connectivity index (χ3v) is 4.77. The minimum Gasteiger partial charge on any atom is -0.455 e. The number of thiazole rings is 1. The smallest absolute Gasteiger partial charge is 0.350 e. The summed E-state index contributed by atoms with van der Waals surface area (Å²) in [6.45, 7) is -0.0879. The van der Waals surface area contributed by atoms with Crippen molar-refractivity contribution in [3.05, 3.63) is 56.3 Å². The Balaban J connectivity index is 1.54. The molecule has 24 heavy (non-hydrogen) atoms. The Bertz CT molecular complexity index is 1060. The highest BCUT2D eigenvalue weighted by Gasteiger charge is 2.17. The normalized spacial score (nSPS) is 11.0. The standard InChI is InChI=1S/C13H8N6O3S2/c20-10-5-8(15-13-18(10)2-4-24-13)6-22-12(21)11-9(1-3-23-11)19-7-14-16-17-19/h1-5,7H,6H2. The fourth-order valence-electron chi connectivity index (χ4n) is 2.07. The van der Waals surface area contributed by atoms with E-state index in [1.165, 1.54) is 44.1 Å². The summed E-state index contributed by atoms with van der Waals surface area (Å²) < 4.78 is 8.10. The van der Waals surface area contributed by atoms with E-state index in [0.29, 0.717) is 21.2 Å². The zero-order valence-corrected chi connectivity index (χ0v) is 13.5. The van der Waals surface area contributed by atoms with Gasteiger partial charge in [-0.3, -0.25) is 9.20 Å². The van der Waals surface area contributed by atoms with Gasteiger partial charge in [0.2, 0.25) is 0 Å². The van der Waals surface area contributed by atoms with E-state index in [0.717, 1.165) is 0 Å². The first-order valence-corrected chi connectivity index (χ1v) is 8.42. The van der Waals surface area contributed by atoms with E-state index in [9.17, 15) is 9.59 Å². The Kier molecular flexibility index (Phi) is 3.63. The molecular weight excluding hydrogens is 352 g/mol. The van der Waals surface area contributed by atoms with Crippen LogP contribution in [0.1, 0.15) is 15.4 Å². The summed E-state index contributed by atoms with van der Waals surface area (Å²) in [5.41, 5.74) is 0.728. The molecule has 0 bridgehead atoms. The van der Waals surface area contributed by atoms with Crippen LogP contribution in [-0.4, -0.2) is 35.6 Å². The van der Waals surface area contributed by atoms with Gasteiger partial charge in [-0.05, 0) is 21.9 Å². The Morgan fingerprint density at radius 2 is 2.21 bits per heavy atom. The second kappa shape index (κ2) is 5.94. The predicted octanol–water partition coefficient (Wildman–Crippen LogP) is 1.15. The molecule has 0 spiro atoms. The lowest BCUT2D eigenvalue weighted by Crippen LogP contribution is -2.15. The van der Waals surface area contributed by atoms with Crippen molar-refractivity contribution in [2.24, 2.45) is 0 Å². The van der Waals surface area contributed by atoms with Crippen molar-refractivity contribution in [1.82, 2.24) is 29.6 Å². The molecule has 0 aliphatic heterocycles. The Morgan fingerprint density at radius 3 is 3.04 bits per heavy atom. The number of carbonyl (C=O) groups excluding carboxylic acids is 1. The van der Waals surface area contributed by atoms with Gasteiger partial charge >= 0.3 is 5.97 Å².